The molecule has 20 heavy (non-hydrogen) atoms. The molecule has 1 unspecified atom stereocenters. The van der Waals surface area contributed by atoms with Gasteiger partial charge in [0.15, 0.2) is 0 Å². The van der Waals surface area contributed by atoms with Gasteiger partial charge in [-0.05, 0) is 30.5 Å². The predicted molar refractivity (Wildman–Crippen MR) is 78.9 cm³/mol. The third kappa shape index (κ3) is 3.90. The summed E-state index contributed by atoms with van der Waals surface area (Å²) < 4.78 is 0. The van der Waals surface area contributed by atoms with Crippen molar-refractivity contribution >= 4 is 5.91 Å². The third-order valence-corrected chi connectivity index (χ3v) is 3.18. The molecule has 0 aliphatic heterocycles. The van der Waals surface area contributed by atoms with Crippen molar-refractivity contribution in [2.45, 2.75) is 25.9 Å². The number of nitrogens with zero attached hydrogens (tertiary/aromatic N) is 1. The topological polar surface area (TPSA) is 68.0 Å². The number of pyridine rings is 1. The van der Waals surface area contributed by atoms with Crippen LogP contribution in [0.3, 0.4) is 0 Å². The quantitative estimate of drug-likeness (QED) is 0.866. The second kappa shape index (κ2) is 6.82. The third-order valence-electron chi connectivity index (χ3n) is 3.18. The van der Waals surface area contributed by atoms with Crippen LogP contribution in [0.15, 0.2) is 48.7 Å². The summed E-state index contributed by atoms with van der Waals surface area (Å²) in [6.07, 6.45) is 2.26. The van der Waals surface area contributed by atoms with E-state index in [0.717, 1.165) is 16.8 Å². The van der Waals surface area contributed by atoms with Gasteiger partial charge in [-0.1, -0.05) is 36.4 Å². The minimum absolute atomic E-state index is 0.154. The lowest BCUT2D eigenvalue weighted by Gasteiger charge is -2.12. The molecule has 0 aliphatic rings. The Balaban J connectivity index is 1.87. The van der Waals surface area contributed by atoms with Gasteiger partial charge in [-0.25, -0.2) is 0 Å². The van der Waals surface area contributed by atoms with E-state index in [1.165, 1.54) is 0 Å². The number of aryl methyl sites for hydroxylation is 1. The molecule has 1 aromatic heterocycles. The average molecular weight is 269 g/mol. The van der Waals surface area contributed by atoms with Crippen LogP contribution >= 0.6 is 0 Å². The number of amides is 1. The van der Waals surface area contributed by atoms with E-state index < -0.39 is 6.04 Å². The first-order valence-electron chi connectivity index (χ1n) is 6.64. The van der Waals surface area contributed by atoms with Gasteiger partial charge in [0, 0.05) is 6.20 Å². The van der Waals surface area contributed by atoms with Crippen LogP contribution in [-0.4, -0.2) is 16.9 Å². The van der Waals surface area contributed by atoms with E-state index in [4.69, 9.17) is 5.73 Å². The van der Waals surface area contributed by atoms with Crippen molar-refractivity contribution in [3.63, 3.8) is 0 Å². The average Bonchev–Trinajstić information content (AvgIpc) is 2.47. The van der Waals surface area contributed by atoms with Crippen molar-refractivity contribution in [2.24, 2.45) is 5.73 Å². The minimum atomic E-state index is -0.540. The van der Waals surface area contributed by atoms with Crippen LogP contribution in [0, 0.1) is 6.92 Å². The predicted octanol–water partition coefficient (Wildman–Crippen LogP) is 1.58. The van der Waals surface area contributed by atoms with Gasteiger partial charge < -0.3 is 11.1 Å². The summed E-state index contributed by atoms with van der Waals surface area (Å²) in [6, 6.07) is 13.1. The maximum Gasteiger partial charge on any atom is 0.237 e. The molecular weight excluding hydrogens is 250 g/mol. The summed E-state index contributed by atoms with van der Waals surface area (Å²) in [6.45, 7) is 2.38. The molecule has 0 saturated carbocycles. The minimum Gasteiger partial charge on any atom is -0.349 e. The Morgan fingerprint density at radius 2 is 2.00 bits per heavy atom. The molecule has 0 spiro atoms. The lowest BCUT2D eigenvalue weighted by atomic mass is 10.1. The number of carbonyl (C=O) groups excluding carboxylic acids is 1. The molecule has 4 heteroatoms. The normalized spacial score (nSPS) is 11.9. The summed E-state index contributed by atoms with van der Waals surface area (Å²) >= 11 is 0. The van der Waals surface area contributed by atoms with E-state index >= 15 is 0 Å². The molecule has 1 amide bonds. The van der Waals surface area contributed by atoms with Gasteiger partial charge in [-0.3, -0.25) is 9.78 Å². The van der Waals surface area contributed by atoms with Crippen molar-refractivity contribution in [1.29, 1.82) is 0 Å². The largest absolute Gasteiger partial charge is 0.349 e. The maximum absolute atomic E-state index is 12.0. The van der Waals surface area contributed by atoms with Crippen molar-refractivity contribution in [1.82, 2.24) is 10.3 Å². The van der Waals surface area contributed by atoms with Crippen molar-refractivity contribution in [3.05, 3.63) is 65.5 Å². The zero-order chi connectivity index (χ0) is 14.4. The first-order chi connectivity index (χ1) is 9.66. The number of benzene rings is 1. The standard InChI is InChI=1S/C16H19N3O/c1-12-6-5-9-18-15(12)11-19-16(20)14(17)10-13-7-3-2-4-8-13/h2-9,14H,10-11,17H2,1H3,(H,19,20). The Bertz CT molecular complexity index is 569. The number of rotatable bonds is 5. The Hall–Kier alpha value is -2.20. The maximum atomic E-state index is 12.0. The van der Waals surface area contributed by atoms with Gasteiger partial charge in [0.1, 0.15) is 0 Å². The zero-order valence-electron chi connectivity index (χ0n) is 11.5. The van der Waals surface area contributed by atoms with E-state index in [-0.39, 0.29) is 5.91 Å². The Labute approximate surface area is 119 Å². The molecule has 0 saturated heterocycles. The number of nitrogens with two attached hydrogens (primary N) is 1. The van der Waals surface area contributed by atoms with Crippen LogP contribution in [0.2, 0.25) is 0 Å². The summed E-state index contributed by atoms with van der Waals surface area (Å²) in [5.74, 6) is -0.154. The molecule has 104 valence electrons. The van der Waals surface area contributed by atoms with E-state index in [2.05, 4.69) is 10.3 Å². The SMILES string of the molecule is Cc1cccnc1CNC(=O)C(N)Cc1ccccc1. The van der Waals surface area contributed by atoms with Crippen LogP contribution < -0.4 is 11.1 Å². The van der Waals surface area contributed by atoms with Gasteiger partial charge in [0.2, 0.25) is 5.91 Å². The van der Waals surface area contributed by atoms with E-state index in [0.29, 0.717) is 13.0 Å². The monoisotopic (exact) mass is 269 g/mol. The zero-order valence-corrected chi connectivity index (χ0v) is 11.5. The Morgan fingerprint density at radius 1 is 1.25 bits per heavy atom. The van der Waals surface area contributed by atoms with Crippen molar-refractivity contribution in [2.75, 3.05) is 0 Å². The van der Waals surface area contributed by atoms with Crippen LogP contribution in [-0.2, 0) is 17.8 Å². The summed E-state index contributed by atoms with van der Waals surface area (Å²) in [4.78, 5) is 16.2. The highest BCUT2D eigenvalue weighted by Gasteiger charge is 2.14. The lowest BCUT2D eigenvalue weighted by molar-refractivity contribution is -0.122. The molecule has 3 N–H and O–H groups in total. The lowest BCUT2D eigenvalue weighted by Crippen LogP contribution is -2.41. The number of aromatic nitrogens is 1. The van der Waals surface area contributed by atoms with Crippen molar-refractivity contribution < 1.29 is 4.79 Å². The molecule has 0 aliphatic carbocycles. The van der Waals surface area contributed by atoms with Crippen LogP contribution in [0.4, 0.5) is 0 Å². The number of carbonyl (C=O) groups is 1. The number of hydrogen-bond donors (Lipinski definition) is 2. The molecule has 0 bridgehead atoms. The molecule has 0 radical (unpaired) electrons. The number of hydrogen-bond acceptors (Lipinski definition) is 3. The van der Waals surface area contributed by atoms with Gasteiger partial charge >= 0.3 is 0 Å². The highest BCUT2D eigenvalue weighted by Crippen LogP contribution is 2.04. The molecule has 1 atom stereocenters. The van der Waals surface area contributed by atoms with E-state index in [9.17, 15) is 4.79 Å². The highest BCUT2D eigenvalue weighted by atomic mass is 16.2. The Morgan fingerprint density at radius 3 is 2.70 bits per heavy atom. The number of nitrogens with one attached hydrogen (secondary N) is 1. The van der Waals surface area contributed by atoms with E-state index in [1.54, 1.807) is 6.20 Å². The van der Waals surface area contributed by atoms with Crippen molar-refractivity contribution in [3.8, 4) is 0 Å². The van der Waals surface area contributed by atoms with Gasteiger partial charge in [-0.2, -0.15) is 0 Å². The fourth-order valence-corrected chi connectivity index (χ4v) is 1.97. The molecule has 2 rings (SSSR count). The van der Waals surface area contributed by atoms with Crippen LogP contribution in [0.1, 0.15) is 16.8 Å². The van der Waals surface area contributed by atoms with E-state index in [1.807, 2.05) is 49.4 Å². The smallest absolute Gasteiger partial charge is 0.237 e. The summed E-state index contributed by atoms with van der Waals surface area (Å²) in [7, 11) is 0. The fraction of sp³-hybridized carbons (Fsp3) is 0.250. The van der Waals surface area contributed by atoms with Gasteiger partial charge in [0.25, 0.3) is 0 Å². The second-order valence-electron chi connectivity index (χ2n) is 4.78. The molecule has 2 aromatic rings. The van der Waals surface area contributed by atoms with Crippen LogP contribution in [0.5, 0.6) is 0 Å². The molecule has 1 heterocycles. The molecular formula is C16H19N3O. The summed E-state index contributed by atoms with van der Waals surface area (Å²) in [5.41, 5.74) is 8.91. The highest BCUT2D eigenvalue weighted by molar-refractivity contribution is 5.81. The molecule has 1 aromatic carbocycles. The second-order valence-corrected chi connectivity index (χ2v) is 4.78. The fourth-order valence-electron chi connectivity index (χ4n) is 1.97. The summed E-state index contributed by atoms with van der Waals surface area (Å²) in [5, 5.41) is 2.83. The first-order valence-corrected chi connectivity index (χ1v) is 6.64. The first kappa shape index (κ1) is 14.2. The van der Waals surface area contributed by atoms with Crippen LogP contribution in [0.25, 0.3) is 0 Å². The van der Waals surface area contributed by atoms with Gasteiger partial charge in [0.05, 0.1) is 18.3 Å². The molecule has 4 nitrogen and oxygen atoms in total. The van der Waals surface area contributed by atoms with Gasteiger partial charge in [-0.15, -0.1) is 0 Å². The molecule has 0 fully saturated rings. The Kier molecular flexibility index (Phi) is 4.85.